The summed E-state index contributed by atoms with van der Waals surface area (Å²) in [4.78, 5) is 15.6. The molecule has 40 heavy (non-hydrogen) atoms. The number of nitrogens with one attached hydrogen (secondary N) is 1. The third kappa shape index (κ3) is 5.03. The van der Waals surface area contributed by atoms with Crippen molar-refractivity contribution in [1.82, 2.24) is 4.72 Å². The van der Waals surface area contributed by atoms with Crippen LogP contribution in [0.2, 0.25) is 5.02 Å². The van der Waals surface area contributed by atoms with E-state index in [-0.39, 0.29) is 16.9 Å². The number of carbonyl (C=O) groups excluding carboxylic acids is 1. The number of nitrogens with zero attached hydrogens (tertiary/aromatic N) is 1. The Morgan fingerprint density at radius 1 is 1.18 bits per heavy atom. The number of rotatable bonds is 1. The smallest absolute Gasteiger partial charge is 0.264 e. The Balaban J connectivity index is 1.41. The van der Waals surface area contributed by atoms with Crippen molar-refractivity contribution < 1.29 is 23.1 Å². The summed E-state index contributed by atoms with van der Waals surface area (Å²) in [5.41, 5.74) is 3.34. The Kier molecular flexibility index (Phi) is 7.38. The molecule has 214 valence electrons. The Labute approximate surface area is 241 Å². The van der Waals surface area contributed by atoms with Gasteiger partial charge < -0.3 is 14.7 Å². The van der Waals surface area contributed by atoms with E-state index >= 15 is 0 Å². The van der Waals surface area contributed by atoms with Crippen molar-refractivity contribution in [1.29, 1.82) is 0 Å². The van der Waals surface area contributed by atoms with Gasteiger partial charge in [0.2, 0.25) is 10.0 Å². The second-order valence-electron chi connectivity index (χ2n) is 11.9. The van der Waals surface area contributed by atoms with Gasteiger partial charge in [0, 0.05) is 29.1 Å². The summed E-state index contributed by atoms with van der Waals surface area (Å²) in [5, 5.41) is 11.1. The number of sulfonamides is 1. The van der Waals surface area contributed by atoms with Gasteiger partial charge in [0.1, 0.15) is 5.75 Å². The maximum atomic E-state index is 13.3. The SMILES string of the molecule is CC[C@H]1CC/C=C/[C@H](O)[C@@H]2CC[C@H]2CN2C[C@@]3(CCc4cc(Cl)ccc43)COc3ccc(cc32)C(=O)NS1(=O)=O. The lowest BCUT2D eigenvalue weighted by atomic mass is 9.70. The number of carbonyl (C=O) groups is 1. The fourth-order valence-corrected chi connectivity index (χ4v) is 8.70. The normalized spacial score (nSPS) is 32.2. The largest absolute Gasteiger partial charge is 0.490 e. The van der Waals surface area contributed by atoms with Crippen LogP contribution >= 0.6 is 11.6 Å². The zero-order chi connectivity index (χ0) is 28.1. The molecule has 0 aromatic heterocycles. The van der Waals surface area contributed by atoms with Gasteiger partial charge in [-0.05, 0) is 98.2 Å². The highest BCUT2D eigenvalue weighted by molar-refractivity contribution is 7.90. The highest BCUT2D eigenvalue weighted by Crippen LogP contribution is 2.47. The van der Waals surface area contributed by atoms with Crippen LogP contribution in [-0.2, 0) is 21.9 Å². The molecule has 2 aromatic carbocycles. The molecule has 9 heteroatoms. The standard InChI is InChI=1S/C31H37ClN2O5S/c1-2-24-5-3-4-6-28(35)25-10-7-22(25)17-34-18-31(14-13-20-15-23(32)9-11-26(20)31)19-39-29-12-8-21(16-27(29)34)30(36)33-40(24,37)38/h4,6,8-9,11-12,15-16,22,24-25,28,35H,2-3,5,7,10,13-14,17-19H2,1H3,(H,33,36)/b6-4+/t22-,24-,25+,28-,31-/m0/s1. The molecule has 4 aliphatic rings. The predicted octanol–water partition coefficient (Wildman–Crippen LogP) is 5.00. The minimum absolute atomic E-state index is 0.139. The molecule has 1 saturated carbocycles. The van der Waals surface area contributed by atoms with Crippen molar-refractivity contribution in [2.45, 2.75) is 68.6 Å². The molecule has 5 atom stereocenters. The average Bonchev–Trinajstić information content (AvgIpc) is 3.16. The van der Waals surface area contributed by atoms with Crippen molar-refractivity contribution in [3.63, 3.8) is 0 Å². The number of aliphatic hydroxyl groups excluding tert-OH is 1. The van der Waals surface area contributed by atoms with Gasteiger partial charge >= 0.3 is 0 Å². The van der Waals surface area contributed by atoms with E-state index in [1.54, 1.807) is 18.2 Å². The highest BCUT2D eigenvalue weighted by Gasteiger charge is 2.45. The lowest BCUT2D eigenvalue weighted by Crippen LogP contribution is -2.47. The highest BCUT2D eigenvalue weighted by atomic mass is 35.5. The first kappa shape index (κ1) is 27.6. The fourth-order valence-electron chi connectivity index (χ4n) is 7.08. The molecule has 0 radical (unpaired) electrons. The fraction of sp³-hybridized carbons (Fsp3) is 0.516. The minimum atomic E-state index is -3.87. The molecular formula is C31H37ClN2O5S. The van der Waals surface area contributed by atoms with Crippen LogP contribution in [0.4, 0.5) is 5.69 Å². The lowest BCUT2D eigenvalue weighted by molar-refractivity contribution is 0.0457. The number of benzene rings is 2. The topological polar surface area (TPSA) is 95.9 Å². The van der Waals surface area contributed by atoms with Crippen LogP contribution in [0, 0.1) is 11.8 Å². The van der Waals surface area contributed by atoms with E-state index in [1.807, 2.05) is 25.1 Å². The van der Waals surface area contributed by atoms with Crippen LogP contribution in [0.1, 0.15) is 66.9 Å². The quantitative estimate of drug-likeness (QED) is 0.458. The molecule has 2 N–H and O–H groups in total. The van der Waals surface area contributed by atoms with Crippen LogP contribution in [-0.4, -0.2) is 50.5 Å². The summed E-state index contributed by atoms with van der Waals surface area (Å²) in [6.07, 6.45) is 8.28. The number of hydrogen-bond donors (Lipinski definition) is 2. The minimum Gasteiger partial charge on any atom is -0.490 e. The number of amides is 1. The average molecular weight is 585 g/mol. The number of allylic oxidation sites excluding steroid dienone is 1. The first-order valence-electron chi connectivity index (χ1n) is 14.4. The molecule has 7 nitrogen and oxygen atoms in total. The van der Waals surface area contributed by atoms with Crippen LogP contribution < -0.4 is 14.4 Å². The Hall–Kier alpha value is -2.55. The Bertz CT molecular complexity index is 1440. The monoisotopic (exact) mass is 584 g/mol. The number of hydrogen-bond acceptors (Lipinski definition) is 6. The van der Waals surface area contributed by atoms with E-state index in [2.05, 4.69) is 21.8 Å². The van der Waals surface area contributed by atoms with Gasteiger partial charge in [-0.25, -0.2) is 13.1 Å². The molecule has 2 bridgehead atoms. The molecule has 1 amide bonds. The van der Waals surface area contributed by atoms with Crippen molar-refractivity contribution in [2.24, 2.45) is 11.8 Å². The second kappa shape index (κ2) is 10.7. The first-order valence-corrected chi connectivity index (χ1v) is 16.3. The molecule has 2 heterocycles. The Morgan fingerprint density at radius 3 is 2.80 bits per heavy atom. The zero-order valence-corrected chi connectivity index (χ0v) is 24.4. The maximum Gasteiger partial charge on any atom is 0.264 e. The van der Waals surface area contributed by atoms with Gasteiger partial charge in [0.15, 0.2) is 0 Å². The van der Waals surface area contributed by atoms with Crippen LogP contribution in [0.5, 0.6) is 5.75 Å². The molecule has 0 saturated heterocycles. The van der Waals surface area contributed by atoms with Crippen LogP contribution in [0.25, 0.3) is 0 Å². The molecule has 0 unspecified atom stereocenters. The summed E-state index contributed by atoms with van der Waals surface area (Å²) < 4.78 is 35.0. The predicted molar refractivity (Wildman–Crippen MR) is 157 cm³/mol. The number of ether oxygens (including phenoxy) is 1. The van der Waals surface area contributed by atoms with E-state index in [4.69, 9.17) is 16.3 Å². The third-order valence-electron chi connectivity index (χ3n) is 9.56. The van der Waals surface area contributed by atoms with Gasteiger partial charge in [-0.15, -0.1) is 0 Å². The first-order chi connectivity index (χ1) is 19.2. The number of aliphatic hydroxyl groups is 1. The second-order valence-corrected chi connectivity index (χ2v) is 14.3. The van der Waals surface area contributed by atoms with Gasteiger partial charge in [0.25, 0.3) is 5.91 Å². The van der Waals surface area contributed by atoms with Gasteiger partial charge in [0.05, 0.1) is 23.6 Å². The third-order valence-corrected chi connectivity index (χ3v) is 11.7. The van der Waals surface area contributed by atoms with E-state index in [0.29, 0.717) is 44.1 Å². The van der Waals surface area contributed by atoms with E-state index in [0.717, 1.165) is 42.9 Å². The number of aryl methyl sites for hydroxylation is 1. The molecule has 6 rings (SSSR count). The Morgan fingerprint density at radius 2 is 2.02 bits per heavy atom. The van der Waals surface area contributed by atoms with Gasteiger partial charge in [-0.3, -0.25) is 4.79 Å². The maximum absolute atomic E-state index is 13.3. The summed E-state index contributed by atoms with van der Waals surface area (Å²) in [6.45, 7) is 3.73. The van der Waals surface area contributed by atoms with Crippen molar-refractivity contribution >= 4 is 33.2 Å². The van der Waals surface area contributed by atoms with Gasteiger partial charge in [-0.1, -0.05) is 36.7 Å². The van der Waals surface area contributed by atoms with Crippen molar-refractivity contribution in [3.8, 4) is 5.75 Å². The molecular weight excluding hydrogens is 548 g/mol. The molecule has 2 aromatic rings. The van der Waals surface area contributed by atoms with E-state index in [1.165, 1.54) is 11.1 Å². The number of halogens is 1. The van der Waals surface area contributed by atoms with Crippen LogP contribution in [0.3, 0.4) is 0 Å². The molecule has 2 aliphatic carbocycles. The summed E-state index contributed by atoms with van der Waals surface area (Å²) in [6, 6.07) is 11.3. The van der Waals surface area contributed by atoms with Crippen molar-refractivity contribution in [3.05, 3.63) is 70.3 Å². The molecule has 2 aliphatic heterocycles. The van der Waals surface area contributed by atoms with Crippen LogP contribution in [0.15, 0.2) is 48.6 Å². The number of anilines is 1. The number of fused-ring (bicyclic) bond motifs is 4. The molecule has 1 fully saturated rings. The van der Waals surface area contributed by atoms with E-state index in [9.17, 15) is 18.3 Å². The van der Waals surface area contributed by atoms with Gasteiger partial charge in [-0.2, -0.15) is 0 Å². The van der Waals surface area contributed by atoms with E-state index < -0.39 is 27.3 Å². The summed E-state index contributed by atoms with van der Waals surface area (Å²) in [5.74, 6) is 0.491. The van der Waals surface area contributed by atoms with Crippen molar-refractivity contribution in [2.75, 3.05) is 24.6 Å². The molecule has 1 spiro atoms. The summed E-state index contributed by atoms with van der Waals surface area (Å²) in [7, 11) is -3.87. The zero-order valence-electron chi connectivity index (χ0n) is 22.8. The lowest BCUT2D eigenvalue weighted by Gasteiger charge is -2.43. The summed E-state index contributed by atoms with van der Waals surface area (Å²) >= 11 is 6.33.